The molecule has 1 heteroatoms. The van der Waals surface area contributed by atoms with Gasteiger partial charge in [0.1, 0.15) is 0 Å². The summed E-state index contributed by atoms with van der Waals surface area (Å²) >= 11 is 0. The van der Waals surface area contributed by atoms with Crippen molar-refractivity contribution in [2.75, 3.05) is 0 Å². The first-order valence-corrected chi connectivity index (χ1v) is 7.38. The Labute approximate surface area is 111 Å². The molecular formula is C17H24O. The van der Waals surface area contributed by atoms with Gasteiger partial charge in [0.2, 0.25) is 0 Å². The monoisotopic (exact) mass is 244 g/mol. The number of ketones is 1. The normalized spacial score (nSPS) is 18.7. The van der Waals surface area contributed by atoms with E-state index in [4.69, 9.17) is 0 Å². The van der Waals surface area contributed by atoms with Crippen LogP contribution in [0, 0.1) is 0 Å². The molecule has 0 N–H and O–H groups in total. The molecule has 0 amide bonds. The highest BCUT2D eigenvalue weighted by atomic mass is 16.1. The van der Waals surface area contributed by atoms with Gasteiger partial charge in [0.05, 0.1) is 0 Å². The fourth-order valence-corrected chi connectivity index (χ4v) is 2.96. The van der Waals surface area contributed by atoms with E-state index in [0.29, 0.717) is 5.92 Å². The molecule has 1 aromatic rings. The Morgan fingerprint density at radius 1 is 0.889 bits per heavy atom. The Morgan fingerprint density at radius 3 is 1.89 bits per heavy atom. The van der Waals surface area contributed by atoms with Crippen molar-refractivity contribution in [1.82, 2.24) is 0 Å². The van der Waals surface area contributed by atoms with E-state index in [-0.39, 0.29) is 5.78 Å². The maximum absolute atomic E-state index is 11.3. The Kier molecular flexibility index (Phi) is 4.98. The highest BCUT2D eigenvalue weighted by Gasteiger charge is 2.13. The predicted octanol–water partition coefficient (Wildman–Crippen LogP) is 5.11. The summed E-state index contributed by atoms with van der Waals surface area (Å²) in [4.78, 5) is 11.3. The van der Waals surface area contributed by atoms with Gasteiger partial charge in [-0.1, -0.05) is 62.8 Å². The van der Waals surface area contributed by atoms with E-state index < -0.39 is 0 Å². The molecule has 1 aromatic carbocycles. The lowest BCUT2D eigenvalue weighted by Crippen LogP contribution is -2.00. The zero-order valence-corrected chi connectivity index (χ0v) is 11.5. The molecule has 1 nitrogen and oxygen atoms in total. The first kappa shape index (κ1) is 13.3. The fraction of sp³-hybridized carbons (Fsp3) is 0.588. The molecule has 0 bridgehead atoms. The standard InChI is InChI=1S/C17H24O/c1-14(18)15-10-12-17(13-11-15)16-8-6-4-2-3-5-7-9-16/h10-13,16H,2-9H2,1H3. The van der Waals surface area contributed by atoms with Crippen molar-refractivity contribution >= 4 is 5.78 Å². The summed E-state index contributed by atoms with van der Waals surface area (Å²) in [5, 5.41) is 0. The van der Waals surface area contributed by atoms with Gasteiger partial charge in [0, 0.05) is 5.56 Å². The molecule has 0 aromatic heterocycles. The molecule has 0 atom stereocenters. The van der Waals surface area contributed by atoms with E-state index in [0.717, 1.165) is 5.56 Å². The minimum absolute atomic E-state index is 0.163. The van der Waals surface area contributed by atoms with Gasteiger partial charge < -0.3 is 0 Å². The SMILES string of the molecule is CC(=O)c1ccc(C2CCCCCCCC2)cc1. The van der Waals surface area contributed by atoms with Crippen molar-refractivity contribution < 1.29 is 4.79 Å². The third-order valence-corrected chi connectivity index (χ3v) is 4.14. The average Bonchev–Trinajstić information content (AvgIpc) is 2.52. The molecule has 18 heavy (non-hydrogen) atoms. The average molecular weight is 244 g/mol. The zero-order valence-electron chi connectivity index (χ0n) is 11.5. The molecule has 0 saturated heterocycles. The zero-order chi connectivity index (χ0) is 12.8. The number of Topliss-reactive ketones (excluding diaryl/α,β-unsaturated/α-hetero) is 1. The number of hydrogen-bond donors (Lipinski definition) is 0. The van der Waals surface area contributed by atoms with E-state index in [1.54, 1.807) is 6.92 Å². The first-order chi connectivity index (χ1) is 8.77. The van der Waals surface area contributed by atoms with Crippen LogP contribution in [0.15, 0.2) is 24.3 Å². The molecule has 0 unspecified atom stereocenters. The van der Waals surface area contributed by atoms with Gasteiger partial charge in [-0.25, -0.2) is 0 Å². The van der Waals surface area contributed by atoms with Gasteiger partial charge in [-0.3, -0.25) is 4.79 Å². The molecule has 1 fully saturated rings. The highest BCUT2D eigenvalue weighted by Crippen LogP contribution is 2.30. The van der Waals surface area contributed by atoms with Crippen LogP contribution in [-0.2, 0) is 0 Å². The first-order valence-electron chi connectivity index (χ1n) is 7.38. The number of rotatable bonds is 2. The molecule has 1 aliphatic carbocycles. The Balaban J connectivity index is 2.05. The topological polar surface area (TPSA) is 17.1 Å². The number of carbonyl (C=O) groups excluding carboxylic acids is 1. The molecular weight excluding hydrogens is 220 g/mol. The third-order valence-electron chi connectivity index (χ3n) is 4.14. The minimum Gasteiger partial charge on any atom is -0.295 e. The van der Waals surface area contributed by atoms with Crippen LogP contribution >= 0.6 is 0 Å². The van der Waals surface area contributed by atoms with Crippen LogP contribution in [0.1, 0.15) is 80.1 Å². The van der Waals surface area contributed by atoms with Crippen LogP contribution < -0.4 is 0 Å². The van der Waals surface area contributed by atoms with E-state index in [1.807, 2.05) is 12.1 Å². The van der Waals surface area contributed by atoms with Crippen molar-refractivity contribution in [2.24, 2.45) is 0 Å². The molecule has 2 rings (SSSR count). The second kappa shape index (κ2) is 6.72. The lowest BCUT2D eigenvalue weighted by molar-refractivity contribution is 0.101. The van der Waals surface area contributed by atoms with Crippen LogP contribution in [0.5, 0.6) is 0 Å². The second-order valence-electron chi connectivity index (χ2n) is 5.57. The summed E-state index contributed by atoms with van der Waals surface area (Å²) in [6, 6.07) is 8.31. The van der Waals surface area contributed by atoms with Crippen molar-refractivity contribution in [3.8, 4) is 0 Å². The van der Waals surface area contributed by atoms with Gasteiger partial charge in [-0.2, -0.15) is 0 Å². The predicted molar refractivity (Wildman–Crippen MR) is 76.1 cm³/mol. The summed E-state index contributed by atoms with van der Waals surface area (Å²) in [5.74, 6) is 0.875. The summed E-state index contributed by atoms with van der Waals surface area (Å²) in [6.45, 7) is 1.63. The lowest BCUT2D eigenvalue weighted by Gasteiger charge is -2.16. The van der Waals surface area contributed by atoms with Crippen LogP contribution in [-0.4, -0.2) is 5.78 Å². The number of carbonyl (C=O) groups is 1. The van der Waals surface area contributed by atoms with Crippen molar-refractivity contribution in [1.29, 1.82) is 0 Å². The Morgan fingerprint density at radius 2 is 1.39 bits per heavy atom. The molecule has 0 aliphatic heterocycles. The van der Waals surface area contributed by atoms with E-state index in [1.165, 1.54) is 56.9 Å². The summed E-state index contributed by atoms with van der Waals surface area (Å²) in [6.07, 6.45) is 11.0. The molecule has 98 valence electrons. The van der Waals surface area contributed by atoms with Gasteiger partial charge >= 0.3 is 0 Å². The third kappa shape index (κ3) is 3.69. The molecule has 1 saturated carbocycles. The minimum atomic E-state index is 0.163. The van der Waals surface area contributed by atoms with Crippen molar-refractivity contribution in [3.63, 3.8) is 0 Å². The van der Waals surface area contributed by atoms with Crippen LogP contribution in [0.3, 0.4) is 0 Å². The van der Waals surface area contributed by atoms with E-state index >= 15 is 0 Å². The van der Waals surface area contributed by atoms with Crippen LogP contribution in [0.2, 0.25) is 0 Å². The lowest BCUT2D eigenvalue weighted by atomic mass is 9.89. The number of benzene rings is 1. The highest BCUT2D eigenvalue weighted by molar-refractivity contribution is 5.94. The smallest absolute Gasteiger partial charge is 0.159 e. The molecule has 0 heterocycles. The van der Waals surface area contributed by atoms with Crippen molar-refractivity contribution in [3.05, 3.63) is 35.4 Å². The van der Waals surface area contributed by atoms with Gasteiger partial charge in [-0.05, 0) is 31.2 Å². The summed E-state index contributed by atoms with van der Waals surface area (Å²) in [7, 11) is 0. The summed E-state index contributed by atoms with van der Waals surface area (Å²) in [5.41, 5.74) is 2.27. The maximum Gasteiger partial charge on any atom is 0.159 e. The summed E-state index contributed by atoms with van der Waals surface area (Å²) < 4.78 is 0. The van der Waals surface area contributed by atoms with Crippen LogP contribution in [0.25, 0.3) is 0 Å². The number of hydrogen-bond acceptors (Lipinski definition) is 1. The maximum atomic E-state index is 11.3. The Hall–Kier alpha value is -1.11. The van der Waals surface area contributed by atoms with Crippen molar-refractivity contribution in [2.45, 2.75) is 64.2 Å². The Bertz CT molecular complexity index is 367. The van der Waals surface area contributed by atoms with E-state index in [2.05, 4.69) is 12.1 Å². The molecule has 0 spiro atoms. The molecule has 1 aliphatic rings. The van der Waals surface area contributed by atoms with Gasteiger partial charge in [-0.15, -0.1) is 0 Å². The fourth-order valence-electron chi connectivity index (χ4n) is 2.96. The van der Waals surface area contributed by atoms with Gasteiger partial charge in [0.15, 0.2) is 5.78 Å². The van der Waals surface area contributed by atoms with Gasteiger partial charge in [0.25, 0.3) is 0 Å². The molecule has 0 radical (unpaired) electrons. The quantitative estimate of drug-likeness (QED) is 0.661. The largest absolute Gasteiger partial charge is 0.295 e. The second-order valence-corrected chi connectivity index (χ2v) is 5.57. The van der Waals surface area contributed by atoms with E-state index in [9.17, 15) is 4.79 Å². The van der Waals surface area contributed by atoms with Crippen LogP contribution in [0.4, 0.5) is 0 Å².